The van der Waals surface area contributed by atoms with Crippen LogP contribution in [0.2, 0.25) is 10.0 Å². The van der Waals surface area contributed by atoms with Gasteiger partial charge in [0.05, 0.1) is 17.8 Å². The number of benzene rings is 1. The molecular weight excluding hydrogens is 285 g/mol. The predicted molar refractivity (Wildman–Crippen MR) is 76.1 cm³/mol. The number of methoxy groups -OCH3 is 1. The van der Waals surface area contributed by atoms with Crippen LogP contribution in [0.4, 0.5) is 0 Å². The highest BCUT2D eigenvalue weighted by molar-refractivity contribution is 6.35. The Kier molecular flexibility index (Phi) is 4.66. The fraction of sp³-hybridized carbons (Fsp3) is 0.385. The minimum absolute atomic E-state index is 0.530. The average Bonchev–Trinajstić information content (AvgIpc) is 2.83. The van der Waals surface area contributed by atoms with Crippen LogP contribution < -0.4 is 4.74 Å². The van der Waals surface area contributed by atoms with Gasteiger partial charge in [0.15, 0.2) is 0 Å². The number of rotatable bonds is 5. The van der Waals surface area contributed by atoms with E-state index in [0.29, 0.717) is 15.8 Å². The molecule has 102 valence electrons. The maximum absolute atomic E-state index is 6.10. The number of hydrogen-bond donors (Lipinski definition) is 0. The van der Waals surface area contributed by atoms with E-state index in [9.17, 15) is 0 Å². The van der Waals surface area contributed by atoms with Gasteiger partial charge in [-0.25, -0.2) is 0 Å². The highest BCUT2D eigenvalue weighted by Crippen LogP contribution is 2.32. The van der Waals surface area contributed by atoms with Gasteiger partial charge in [-0.15, -0.1) is 5.10 Å². The van der Waals surface area contributed by atoms with Gasteiger partial charge in [0.25, 0.3) is 0 Å². The Balaban J connectivity index is 2.14. The minimum atomic E-state index is 0.530. The highest BCUT2D eigenvalue weighted by atomic mass is 35.5. The van der Waals surface area contributed by atoms with E-state index >= 15 is 0 Å². The molecule has 0 amide bonds. The number of hydrogen-bond acceptors (Lipinski definition) is 3. The highest BCUT2D eigenvalue weighted by Gasteiger charge is 2.10. The zero-order chi connectivity index (χ0) is 13.8. The van der Waals surface area contributed by atoms with Crippen molar-refractivity contribution < 1.29 is 4.74 Å². The average molecular weight is 300 g/mol. The van der Waals surface area contributed by atoms with E-state index in [-0.39, 0.29) is 0 Å². The molecule has 0 aliphatic rings. The summed E-state index contributed by atoms with van der Waals surface area (Å²) in [7, 11) is 1.60. The van der Waals surface area contributed by atoms with Crippen molar-refractivity contribution in [2.45, 2.75) is 26.3 Å². The Hall–Kier alpha value is -1.26. The lowest BCUT2D eigenvalue weighted by molar-refractivity contribution is 0.410. The first-order valence-electron chi connectivity index (χ1n) is 6.05. The summed E-state index contributed by atoms with van der Waals surface area (Å²) in [4.78, 5) is 0. The van der Waals surface area contributed by atoms with E-state index < -0.39 is 0 Å². The quantitative estimate of drug-likeness (QED) is 0.849. The Morgan fingerprint density at radius 1 is 1.26 bits per heavy atom. The van der Waals surface area contributed by atoms with Crippen molar-refractivity contribution >= 4 is 23.2 Å². The van der Waals surface area contributed by atoms with Crippen LogP contribution in [0.5, 0.6) is 5.75 Å². The van der Waals surface area contributed by atoms with Gasteiger partial charge in [-0.2, -0.15) is 0 Å². The van der Waals surface area contributed by atoms with Crippen molar-refractivity contribution in [1.29, 1.82) is 0 Å². The molecule has 0 N–H and O–H groups in total. The molecule has 0 aliphatic carbocycles. The van der Waals surface area contributed by atoms with E-state index in [2.05, 4.69) is 10.3 Å². The molecular formula is C13H15Cl2N3O. The molecule has 1 aromatic heterocycles. The molecule has 0 saturated carbocycles. The van der Waals surface area contributed by atoms with Crippen LogP contribution >= 0.6 is 23.2 Å². The predicted octanol–water partition coefficient (Wildman–Crippen LogP) is 3.40. The fourth-order valence-electron chi connectivity index (χ4n) is 1.90. The molecule has 0 unspecified atom stereocenters. The SMILES string of the molecule is CCn1cc(CCc2cc(Cl)cc(Cl)c2OC)nn1. The fourth-order valence-corrected chi connectivity index (χ4v) is 2.51. The molecule has 19 heavy (non-hydrogen) atoms. The monoisotopic (exact) mass is 299 g/mol. The lowest BCUT2D eigenvalue weighted by Gasteiger charge is -2.10. The van der Waals surface area contributed by atoms with Crippen molar-refractivity contribution in [1.82, 2.24) is 15.0 Å². The molecule has 0 radical (unpaired) electrons. The molecule has 0 fully saturated rings. The smallest absolute Gasteiger partial charge is 0.140 e. The number of ether oxygens (including phenoxy) is 1. The summed E-state index contributed by atoms with van der Waals surface area (Å²) >= 11 is 12.1. The first-order chi connectivity index (χ1) is 9.13. The number of halogens is 2. The van der Waals surface area contributed by atoms with Crippen LogP contribution in [0, 0.1) is 0 Å². The number of nitrogens with zero attached hydrogens (tertiary/aromatic N) is 3. The summed E-state index contributed by atoms with van der Waals surface area (Å²) in [6.07, 6.45) is 3.47. The molecule has 1 aromatic carbocycles. The summed E-state index contributed by atoms with van der Waals surface area (Å²) in [5, 5.41) is 9.26. The maximum atomic E-state index is 6.10. The lowest BCUT2D eigenvalue weighted by atomic mass is 10.1. The second kappa shape index (κ2) is 6.26. The number of aromatic nitrogens is 3. The Morgan fingerprint density at radius 3 is 2.68 bits per heavy atom. The summed E-state index contributed by atoms with van der Waals surface area (Å²) in [5.41, 5.74) is 1.92. The largest absolute Gasteiger partial charge is 0.495 e. The molecule has 2 aromatic rings. The minimum Gasteiger partial charge on any atom is -0.495 e. The number of aryl methyl sites for hydroxylation is 3. The molecule has 0 atom stereocenters. The standard InChI is InChI=1S/C13H15Cl2N3O/c1-3-18-8-11(16-17-18)5-4-9-6-10(14)7-12(15)13(9)19-2/h6-8H,3-5H2,1-2H3. The van der Waals surface area contributed by atoms with Crippen molar-refractivity contribution in [2.24, 2.45) is 0 Å². The van der Waals surface area contributed by atoms with Crippen molar-refractivity contribution in [3.05, 3.63) is 39.6 Å². The third-order valence-electron chi connectivity index (χ3n) is 2.85. The first kappa shape index (κ1) is 14.2. The summed E-state index contributed by atoms with van der Waals surface area (Å²) in [6.45, 7) is 2.84. The third kappa shape index (κ3) is 3.39. The maximum Gasteiger partial charge on any atom is 0.140 e. The van der Waals surface area contributed by atoms with E-state index in [4.69, 9.17) is 27.9 Å². The van der Waals surface area contributed by atoms with Gasteiger partial charge in [0.2, 0.25) is 0 Å². The van der Waals surface area contributed by atoms with Gasteiger partial charge in [0, 0.05) is 17.8 Å². The molecule has 4 nitrogen and oxygen atoms in total. The molecule has 2 rings (SSSR count). The van der Waals surface area contributed by atoms with Crippen LogP contribution in [0.15, 0.2) is 18.3 Å². The van der Waals surface area contributed by atoms with Gasteiger partial charge >= 0.3 is 0 Å². The lowest BCUT2D eigenvalue weighted by Crippen LogP contribution is -1.97. The van der Waals surface area contributed by atoms with E-state index in [1.165, 1.54) is 0 Å². The molecule has 0 spiro atoms. The normalized spacial score (nSPS) is 10.7. The van der Waals surface area contributed by atoms with Crippen LogP contribution in [0.1, 0.15) is 18.2 Å². The molecule has 0 aliphatic heterocycles. The van der Waals surface area contributed by atoms with Gasteiger partial charge in [-0.3, -0.25) is 4.68 Å². The van der Waals surface area contributed by atoms with E-state index in [1.807, 2.05) is 19.2 Å². The Labute approximate surface area is 122 Å². The first-order valence-corrected chi connectivity index (χ1v) is 6.80. The van der Waals surface area contributed by atoms with Crippen molar-refractivity contribution in [3.8, 4) is 5.75 Å². The Morgan fingerprint density at radius 2 is 2.05 bits per heavy atom. The van der Waals surface area contributed by atoms with Crippen molar-refractivity contribution in [2.75, 3.05) is 7.11 Å². The second-order valence-electron chi connectivity index (χ2n) is 4.15. The molecule has 1 heterocycles. The summed E-state index contributed by atoms with van der Waals surface area (Å²) < 4.78 is 7.12. The van der Waals surface area contributed by atoms with E-state index in [1.54, 1.807) is 17.9 Å². The van der Waals surface area contributed by atoms with Gasteiger partial charge in [-0.1, -0.05) is 28.4 Å². The second-order valence-corrected chi connectivity index (χ2v) is 4.99. The van der Waals surface area contributed by atoms with E-state index in [0.717, 1.165) is 30.6 Å². The molecule has 0 saturated heterocycles. The summed E-state index contributed by atoms with van der Waals surface area (Å²) in [6, 6.07) is 3.55. The van der Waals surface area contributed by atoms with Crippen LogP contribution in [0.25, 0.3) is 0 Å². The van der Waals surface area contributed by atoms with Crippen LogP contribution in [-0.2, 0) is 19.4 Å². The molecule has 0 bridgehead atoms. The third-order valence-corrected chi connectivity index (χ3v) is 3.35. The van der Waals surface area contributed by atoms with Gasteiger partial charge in [0.1, 0.15) is 5.75 Å². The molecule has 6 heteroatoms. The zero-order valence-corrected chi connectivity index (χ0v) is 12.4. The zero-order valence-electron chi connectivity index (χ0n) is 10.9. The Bertz CT molecular complexity index is 569. The van der Waals surface area contributed by atoms with Crippen molar-refractivity contribution in [3.63, 3.8) is 0 Å². The van der Waals surface area contributed by atoms with Gasteiger partial charge in [-0.05, 0) is 37.5 Å². The summed E-state index contributed by atoms with van der Waals surface area (Å²) in [5.74, 6) is 0.675. The topological polar surface area (TPSA) is 39.9 Å². The van der Waals surface area contributed by atoms with Crippen LogP contribution in [0.3, 0.4) is 0 Å². The van der Waals surface area contributed by atoms with Crippen LogP contribution in [-0.4, -0.2) is 22.1 Å². The van der Waals surface area contributed by atoms with Gasteiger partial charge < -0.3 is 4.74 Å².